The van der Waals surface area contributed by atoms with Crippen LogP contribution in [0.2, 0.25) is 0 Å². The van der Waals surface area contributed by atoms with Crippen LogP contribution in [0.4, 0.5) is 17.1 Å². The second-order valence-electron chi connectivity index (χ2n) is 7.40. The second-order valence-corrected chi connectivity index (χ2v) is 7.40. The number of rotatable bonds is 4. The summed E-state index contributed by atoms with van der Waals surface area (Å²) in [6.07, 6.45) is 2.25. The van der Waals surface area contributed by atoms with E-state index in [0.29, 0.717) is 19.4 Å². The molecule has 0 saturated heterocycles. The Balaban J connectivity index is 1.34. The number of nitrogens with one attached hydrogen (secondary N) is 2. The van der Waals surface area contributed by atoms with Gasteiger partial charge in [-0.25, -0.2) is 0 Å². The van der Waals surface area contributed by atoms with Crippen LogP contribution < -0.4 is 15.5 Å². The van der Waals surface area contributed by atoms with E-state index in [1.807, 2.05) is 42.5 Å². The molecule has 0 spiro atoms. The van der Waals surface area contributed by atoms with E-state index in [2.05, 4.69) is 10.6 Å². The molecule has 0 bridgehead atoms. The van der Waals surface area contributed by atoms with Gasteiger partial charge >= 0.3 is 0 Å². The SMILES string of the molecule is CC(=O)N1CCc2cc(NC(=O)CCC3Cc4ccccc4NC3=O)ccc21. The molecule has 2 aliphatic heterocycles. The van der Waals surface area contributed by atoms with Gasteiger partial charge in [-0.3, -0.25) is 14.4 Å². The molecule has 6 nitrogen and oxygen atoms in total. The molecule has 4 rings (SSSR count). The molecule has 0 saturated carbocycles. The molecule has 2 aromatic carbocycles. The number of hydrogen-bond acceptors (Lipinski definition) is 3. The highest BCUT2D eigenvalue weighted by molar-refractivity contribution is 5.97. The Labute approximate surface area is 163 Å². The predicted octanol–water partition coefficient (Wildman–Crippen LogP) is 3.13. The van der Waals surface area contributed by atoms with Crippen molar-refractivity contribution in [2.45, 2.75) is 32.6 Å². The number of benzene rings is 2. The molecular formula is C22H23N3O3. The molecule has 0 aliphatic carbocycles. The monoisotopic (exact) mass is 377 g/mol. The van der Waals surface area contributed by atoms with Crippen LogP contribution in [0.1, 0.15) is 30.9 Å². The van der Waals surface area contributed by atoms with Gasteiger partial charge in [0.1, 0.15) is 0 Å². The fourth-order valence-corrected chi connectivity index (χ4v) is 3.98. The van der Waals surface area contributed by atoms with Gasteiger partial charge in [-0.15, -0.1) is 0 Å². The lowest BCUT2D eigenvalue weighted by Crippen LogP contribution is -2.30. The lowest BCUT2D eigenvalue weighted by Gasteiger charge is -2.24. The van der Waals surface area contributed by atoms with Crippen molar-refractivity contribution in [1.82, 2.24) is 0 Å². The van der Waals surface area contributed by atoms with Crippen LogP contribution in [0.25, 0.3) is 0 Å². The zero-order valence-electron chi connectivity index (χ0n) is 15.8. The summed E-state index contributed by atoms with van der Waals surface area (Å²) in [7, 11) is 0. The number of carbonyl (C=O) groups is 3. The van der Waals surface area contributed by atoms with Crippen LogP contribution in [-0.2, 0) is 27.2 Å². The minimum Gasteiger partial charge on any atom is -0.326 e. The largest absolute Gasteiger partial charge is 0.326 e. The van der Waals surface area contributed by atoms with E-state index in [1.54, 1.807) is 11.8 Å². The Kier molecular flexibility index (Phi) is 4.86. The normalized spacial score (nSPS) is 17.5. The van der Waals surface area contributed by atoms with Crippen LogP contribution in [0.5, 0.6) is 0 Å². The molecule has 2 heterocycles. The van der Waals surface area contributed by atoms with E-state index in [4.69, 9.17) is 0 Å². The predicted molar refractivity (Wildman–Crippen MR) is 108 cm³/mol. The Hall–Kier alpha value is -3.15. The summed E-state index contributed by atoms with van der Waals surface area (Å²) in [4.78, 5) is 38.0. The first-order valence-electron chi connectivity index (χ1n) is 9.61. The maximum absolute atomic E-state index is 12.4. The van der Waals surface area contributed by atoms with Crippen molar-refractivity contribution in [3.05, 3.63) is 53.6 Å². The van der Waals surface area contributed by atoms with Crippen molar-refractivity contribution in [1.29, 1.82) is 0 Å². The first-order chi connectivity index (χ1) is 13.5. The Morgan fingerprint density at radius 3 is 2.82 bits per heavy atom. The summed E-state index contributed by atoms with van der Waals surface area (Å²) in [5, 5.41) is 5.84. The summed E-state index contributed by atoms with van der Waals surface area (Å²) in [6.45, 7) is 2.24. The Bertz CT molecular complexity index is 954. The van der Waals surface area contributed by atoms with E-state index < -0.39 is 0 Å². The topological polar surface area (TPSA) is 78.5 Å². The Morgan fingerprint density at radius 2 is 2.00 bits per heavy atom. The molecule has 1 atom stereocenters. The van der Waals surface area contributed by atoms with Gasteiger partial charge in [0.2, 0.25) is 17.7 Å². The summed E-state index contributed by atoms with van der Waals surface area (Å²) in [6, 6.07) is 13.4. The Morgan fingerprint density at radius 1 is 1.18 bits per heavy atom. The van der Waals surface area contributed by atoms with Gasteiger partial charge < -0.3 is 15.5 Å². The van der Waals surface area contributed by atoms with E-state index in [0.717, 1.165) is 34.6 Å². The van der Waals surface area contributed by atoms with Crippen LogP contribution in [0, 0.1) is 5.92 Å². The number of nitrogens with zero attached hydrogens (tertiary/aromatic N) is 1. The van der Waals surface area contributed by atoms with Crippen LogP contribution in [0.15, 0.2) is 42.5 Å². The number of hydrogen-bond donors (Lipinski definition) is 2. The third-order valence-corrected chi connectivity index (χ3v) is 5.47. The molecular weight excluding hydrogens is 354 g/mol. The number of fused-ring (bicyclic) bond motifs is 2. The van der Waals surface area contributed by atoms with Crippen molar-refractivity contribution < 1.29 is 14.4 Å². The number of amides is 3. The highest BCUT2D eigenvalue weighted by atomic mass is 16.2. The van der Waals surface area contributed by atoms with Gasteiger partial charge in [-0.05, 0) is 54.7 Å². The minimum absolute atomic E-state index is 0.0200. The standard InChI is InChI=1S/C22H23N3O3/c1-14(26)25-11-10-16-13-18(7-8-20(16)25)23-21(27)9-6-17-12-15-4-2-3-5-19(15)24-22(17)28/h2-5,7-8,13,17H,6,9-12H2,1H3,(H,23,27)(H,24,28). The number of para-hydroxylation sites is 1. The van der Waals surface area contributed by atoms with E-state index in [-0.39, 0.29) is 30.1 Å². The quantitative estimate of drug-likeness (QED) is 0.859. The van der Waals surface area contributed by atoms with Crippen molar-refractivity contribution in [3.8, 4) is 0 Å². The van der Waals surface area contributed by atoms with Crippen LogP contribution in [-0.4, -0.2) is 24.3 Å². The summed E-state index contributed by atoms with van der Waals surface area (Å²) < 4.78 is 0. The molecule has 28 heavy (non-hydrogen) atoms. The summed E-state index contributed by atoms with van der Waals surface area (Å²) in [5.74, 6) is -0.283. The van der Waals surface area contributed by atoms with E-state index in [1.165, 1.54) is 0 Å². The second kappa shape index (κ2) is 7.46. The fourth-order valence-electron chi connectivity index (χ4n) is 3.98. The van der Waals surface area contributed by atoms with Gasteiger partial charge in [-0.1, -0.05) is 18.2 Å². The highest BCUT2D eigenvalue weighted by Gasteiger charge is 2.26. The zero-order chi connectivity index (χ0) is 19.7. The van der Waals surface area contributed by atoms with Crippen LogP contribution >= 0.6 is 0 Å². The molecule has 1 unspecified atom stereocenters. The average Bonchev–Trinajstić information content (AvgIpc) is 3.10. The van der Waals surface area contributed by atoms with Gasteiger partial charge in [0.05, 0.1) is 0 Å². The highest BCUT2D eigenvalue weighted by Crippen LogP contribution is 2.31. The summed E-state index contributed by atoms with van der Waals surface area (Å²) >= 11 is 0. The molecule has 3 amide bonds. The fraction of sp³-hybridized carbons (Fsp3) is 0.318. The van der Waals surface area contributed by atoms with Gasteiger partial charge in [0.15, 0.2) is 0 Å². The van der Waals surface area contributed by atoms with Crippen molar-refractivity contribution in [3.63, 3.8) is 0 Å². The number of anilines is 3. The zero-order valence-corrected chi connectivity index (χ0v) is 15.8. The first kappa shape index (κ1) is 18.2. The lowest BCUT2D eigenvalue weighted by atomic mass is 9.89. The number of carbonyl (C=O) groups excluding carboxylic acids is 3. The summed E-state index contributed by atoms with van der Waals surface area (Å²) in [5.41, 5.74) is 4.69. The first-order valence-corrected chi connectivity index (χ1v) is 9.61. The molecule has 144 valence electrons. The smallest absolute Gasteiger partial charge is 0.227 e. The van der Waals surface area contributed by atoms with E-state index in [9.17, 15) is 14.4 Å². The molecule has 0 radical (unpaired) electrons. The van der Waals surface area contributed by atoms with Crippen molar-refractivity contribution in [2.24, 2.45) is 5.92 Å². The third-order valence-electron chi connectivity index (χ3n) is 5.47. The molecule has 2 aromatic rings. The molecule has 0 fully saturated rings. The van der Waals surface area contributed by atoms with Crippen LogP contribution in [0.3, 0.4) is 0 Å². The minimum atomic E-state index is -0.190. The maximum atomic E-state index is 12.4. The van der Waals surface area contributed by atoms with Gasteiger partial charge in [0.25, 0.3) is 0 Å². The van der Waals surface area contributed by atoms with Crippen molar-refractivity contribution in [2.75, 3.05) is 22.1 Å². The average molecular weight is 377 g/mol. The molecule has 2 N–H and O–H groups in total. The molecule has 2 aliphatic rings. The van der Waals surface area contributed by atoms with Crippen molar-refractivity contribution >= 4 is 34.8 Å². The van der Waals surface area contributed by atoms with E-state index >= 15 is 0 Å². The lowest BCUT2D eigenvalue weighted by molar-refractivity contribution is -0.121. The third kappa shape index (κ3) is 3.63. The molecule has 6 heteroatoms. The molecule has 0 aromatic heterocycles. The van der Waals surface area contributed by atoms with Gasteiger partial charge in [0, 0.05) is 42.9 Å². The van der Waals surface area contributed by atoms with Gasteiger partial charge in [-0.2, -0.15) is 0 Å². The maximum Gasteiger partial charge on any atom is 0.227 e.